The first-order chi connectivity index (χ1) is 7.96. The van der Waals surface area contributed by atoms with Crippen LogP contribution in [0.25, 0.3) is 0 Å². The Labute approximate surface area is 103 Å². The molecule has 1 amide bonds. The van der Waals surface area contributed by atoms with Crippen LogP contribution in [-0.2, 0) is 9.53 Å². The minimum absolute atomic E-state index is 0.0267. The van der Waals surface area contributed by atoms with Crippen molar-refractivity contribution in [2.75, 3.05) is 33.4 Å². The number of amides is 1. The van der Waals surface area contributed by atoms with Crippen LogP contribution in [-0.4, -0.2) is 60.9 Å². The van der Waals surface area contributed by atoms with Gasteiger partial charge >= 0.3 is 0 Å². The first-order valence-electron chi connectivity index (χ1n) is 6.19. The summed E-state index contributed by atoms with van der Waals surface area (Å²) in [5, 5.41) is 12.7. The van der Waals surface area contributed by atoms with Crippen LogP contribution in [0.1, 0.15) is 26.7 Å². The largest absolute Gasteiger partial charge is 0.389 e. The van der Waals surface area contributed by atoms with E-state index in [0.29, 0.717) is 19.7 Å². The number of aliphatic hydroxyl groups is 1. The Morgan fingerprint density at radius 3 is 2.88 bits per heavy atom. The van der Waals surface area contributed by atoms with Crippen LogP contribution in [0.4, 0.5) is 0 Å². The van der Waals surface area contributed by atoms with Gasteiger partial charge in [-0.15, -0.1) is 0 Å². The Morgan fingerprint density at radius 2 is 2.35 bits per heavy atom. The van der Waals surface area contributed by atoms with Crippen LogP contribution in [0.15, 0.2) is 0 Å². The lowest BCUT2D eigenvalue weighted by atomic mass is 10.1. The third-order valence-electron chi connectivity index (χ3n) is 3.23. The first-order valence-corrected chi connectivity index (χ1v) is 6.19. The molecule has 1 rings (SSSR count). The van der Waals surface area contributed by atoms with E-state index in [1.54, 1.807) is 7.11 Å². The van der Waals surface area contributed by atoms with E-state index in [0.717, 1.165) is 19.4 Å². The zero-order valence-electron chi connectivity index (χ0n) is 11.0. The fraction of sp³-hybridized carbons (Fsp3) is 0.917. The highest BCUT2D eigenvalue weighted by Crippen LogP contribution is 2.21. The van der Waals surface area contributed by atoms with Gasteiger partial charge in [0, 0.05) is 33.4 Å². The Bertz CT molecular complexity index is 256. The number of ether oxygens (including phenoxy) is 1. The Hall–Kier alpha value is -0.650. The lowest BCUT2D eigenvalue weighted by molar-refractivity contribution is -0.125. The fourth-order valence-electron chi connectivity index (χ4n) is 2.05. The van der Waals surface area contributed by atoms with Crippen molar-refractivity contribution in [1.82, 2.24) is 10.2 Å². The second kappa shape index (κ2) is 6.33. The summed E-state index contributed by atoms with van der Waals surface area (Å²) >= 11 is 0. The van der Waals surface area contributed by atoms with Gasteiger partial charge in [-0.05, 0) is 26.7 Å². The summed E-state index contributed by atoms with van der Waals surface area (Å²) in [6, 6.07) is -0.175. The lowest BCUT2D eigenvalue weighted by Crippen LogP contribution is -2.45. The van der Waals surface area contributed by atoms with E-state index in [1.807, 2.05) is 18.7 Å². The summed E-state index contributed by atoms with van der Waals surface area (Å²) < 4.78 is 4.92. The monoisotopic (exact) mass is 244 g/mol. The number of carbonyl (C=O) groups is 1. The van der Waals surface area contributed by atoms with Gasteiger partial charge in [-0.25, -0.2) is 0 Å². The smallest absolute Gasteiger partial charge is 0.237 e. The highest BCUT2D eigenvalue weighted by Gasteiger charge is 2.35. The summed E-state index contributed by atoms with van der Waals surface area (Å²) in [5.74, 6) is 0.0267. The summed E-state index contributed by atoms with van der Waals surface area (Å²) in [4.78, 5) is 13.8. The summed E-state index contributed by atoms with van der Waals surface area (Å²) in [7, 11) is 1.65. The van der Waals surface area contributed by atoms with E-state index in [4.69, 9.17) is 4.74 Å². The third-order valence-corrected chi connectivity index (χ3v) is 3.23. The molecule has 1 saturated heterocycles. The van der Waals surface area contributed by atoms with Crippen molar-refractivity contribution in [3.05, 3.63) is 0 Å². The van der Waals surface area contributed by atoms with Gasteiger partial charge in [-0.1, -0.05) is 0 Å². The quantitative estimate of drug-likeness (QED) is 0.645. The van der Waals surface area contributed by atoms with Crippen molar-refractivity contribution in [3.63, 3.8) is 0 Å². The molecule has 2 atom stereocenters. The molecule has 0 aromatic carbocycles. The zero-order valence-corrected chi connectivity index (χ0v) is 11.0. The number of hydrogen-bond acceptors (Lipinski definition) is 4. The fourth-order valence-corrected chi connectivity index (χ4v) is 2.05. The molecule has 0 bridgehead atoms. The number of nitrogens with one attached hydrogen (secondary N) is 1. The maximum absolute atomic E-state index is 11.8. The average Bonchev–Trinajstić information content (AvgIpc) is 2.64. The molecule has 0 aliphatic carbocycles. The van der Waals surface area contributed by atoms with Crippen molar-refractivity contribution in [1.29, 1.82) is 0 Å². The minimum atomic E-state index is -0.648. The van der Waals surface area contributed by atoms with E-state index in [9.17, 15) is 9.90 Å². The van der Waals surface area contributed by atoms with Crippen LogP contribution in [0, 0.1) is 0 Å². The molecule has 5 nitrogen and oxygen atoms in total. The van der Waals surface area contributed by atoms with Gasteiger partial charge in [0.15, 0.2) is 0 Å². The molecule has 0 aromatic rings. The van der Waals surface area contributed by atoms with E-state index in [-0.39, 0.29) is 11.9 Å². The molecule has 0 spiro atoms. The van der Waals surface area contributed by atoms with Gasteiger partial charge in [0.05, 0.1) is 11.6 Å². The number of carbonyl (C=O) groups excluding carboxylic acids is 1. The molecule has 2 unspecified atom stereocenters. The Morgan fingerprint density at radius 1 is 1.65 bits per heavy atom. The number of nitrogens with zero attached hydrogens (tertiary/aromatic N) is 1. The maximum Gasteiger partial charge on any atom is 0.237 e. The zero-order chi connectivity index (χ0) is 12.9. The normalized spacial score (nSPS) is 27.1. The third kappa shape index (κ3) is 4.61. The molecule has 1 aliphatic heterocycles. The Kier molecular flexibility index (Phi) is 5.36. The average molecular weight is 244 g/mol. The van der Waals surface area contributed by atoms with E-state index in [1.165, 1.54) is 0 Å². The maximum atomic E-state index is 11.8. The highest BCUT2D eigenvalue weighted by molar-refractivity contribution is 5.81. The van der Waals surface area contributed by atoms with Crippen LogP contribution < -0.4 is 5.32 Å². The predicted molar refractivity (Wildman–Crippen MR) is 65.8 cm³/mol. The topological polar surface area (TPSA) is 61.8 Å². The molecule has 17 heavy (non-hydrogen) atoms. The van der Waals surface area contributed by atoms with Crippen LogP contribution >= 0.6 is 0 Å². The molecule has 0 saturated carbocycles. The first kappa shape index (κ1) is 14.4. The Balaban J connectivity index is 2.27. The summed E-state index contributed by atoms with van der Waals surface area (Å²) in [6.07, 6.45) is 1.56. The van der Waals surface area contributed by atoms with Gasteiger partial charge in [-0.2, -0.15) is 0 Å². The molecule has 100 valence electrons. The SMILES string of the molecule is COCCCNC(=O)C(C)N1CCC(C)(O)C1. The lowest BCUT2D eigenvalue weighted by Gasteiger charge is -2.24. The second-order valence-corrected chi connectivity index (χ2v) is 5.03. The molecule has 1 heterocycles. The van der Waals surface area contributed by atoms with Crippen molar-refractivity contribution in [2.24, 2.45) is 0 Å². The van der Waals surface area contributed by atoms with Crippen LogP contribution in [0.3, 0.4) is 0 Å². The summed E-state index contributed by atoms with van der Waals surface area (Å²) in [6.45, 7) is 6.34. The standard InChI is InChI=1S/C12H24N2O3/c1-10(11(15)13-6-4-8-17-3)14-7-5-12(2,16)9-14/h10,16H,4-9H2,1-3H3,(H,13,15). The van der Waals surface area contributed by atoms with Gasteiger partial charge in [0.1, 0.15) is 0 Å². The van der Waals surface area contributed by atoms with Crippen LogP contribution in [0.5, 0.6) is 0 Å². The molecule has 5 heteroatoms. The molecule has 0 aromatic heterocycles. The van der Waals surface area contributed by atoms with Gasteiger partial charge < -0.3 is 15.2 Å². The van der Waals surface area contributed by atoms with E-state index >= 15 is 0 Å². The number of likely N-dealkylation sites (tertiary alicyclic amines) is 1. The number of β-amino-alcohol motifs (C(OH)–C–C–N with tert-alkyl or cyclic N) is 1. The van der Waals surface area contributed by atoms with Crippen molar-refractivity contribution >= 4 is 5.91 Å². The van der Waals surface area contributed by atoms with Crippen molar-refractivity contribution in [3.8, 4) is 0 Å². The highest BCUT2D eigenvalue weighted by atomic mass is 16.5. The minimum Gasteiger partial charge on any atom is -0.389 e. The van der Waals surface area contributed by atoms with E-state index < -0.39 is 5.60 Å². The predicted octanol–water partition coefficient (Wildman–Crippen LogP) is -0.0157. The van der Waals surface area contributed by atoms with Gasteiger partial charge in [0.25, 0.3) is 0 Å². The second-order valence-electron chi connectivity index (χ2n) is 5.03. The molecular weight excluding hydrogens is 220 g/mol. The number of rotatable bonds is 6. The molecule has 0 radical (unpaired) electrons. The van der Waals surface area contributed by atoms with Crippen molar-refractivity contribution in [2.45, 2.75) is 38.3 Å². The van der Waals surface area contributed by atoms with Gasteiger partial charge in [0.2, 0.25) is 5.91 Å². The van der Waals surface area contributed by atoms with Crippen LogP contribution in [0.2, 0.25) is 0 Å². The number of hydrogen-bond donors (Lipinski definition) is 2. The number of methoxy groups -OCH3 is 1. The van der Waals surface area contributed by atoms with Crippen molar-refractivity contribution < 1.29 is 14.6 Å². The molecular formula is C12H24N2O3. The molecule has 2 N–H and O–H groups in total. The molecule has 1 aliphatic rings. The molecule has 1 fully saturated rings. The van der Waals surface area contributed by atoms with Gasteiger partial charge in [-0.3, -0.25) is 9.69 Å². The summed E-state index contributed by atoms with van der Waals surface area (Å²) in [5.41, 5.74) is -0.648. The van der Waals surface area contributed by atoms with E-state index in [2.05, 4.69) is 5.32 Å².